The van der Waals surface area contributed by atoms with E-state index in [1.54, 1.807) is 25.3 Å². The van der Waals surface area contributed by atoms with Crippen LogP contribution in [0.3, 0.4) is 0 Å². The number of amides is 2. The summed E-state index contributed by atoms with van der Waals surface area (Å²) in [5, 5.41) is 15.0. The van der Waals surface area contributed by atoms with Crippen molar-refractivity contribution in [3.05, 3.63) is 59.7 Å². The van der Waals surface area contributed by atoms with E-state index in [2.05, 4.69) is 10.6 Å². The standard InChI is InChI=1S/C18H22N2O3/c1-23-17-7-5-14(6-8-17)9-11-19-18(22)20-12-10-15-3-2-4-16(21)13-15/h2-8,13,21H,9-12H2,1H3,(H2,19,20,22). The Balaban J connectivity index is 1.63. The Bertz CT molecular complexity index is 626. The number of hydrogen-bond acceptors (Lipinski definition) is 3. The number of phenolic OH excluding ortho intramolecular Hbond substituents is 1. The fourth-order valence-electron chi connectivity index (χ4n) is 2.21. The highest BCUT2D eigenvalue weighted by atomic mass is 16.5. The minimum Gasteiger partial charge on any atom is -0.508 e. The van der Waals surface area contributed by atoms with Crippen LogP contribution in [0.25, 0.3) is 0 Å². The van der Waals surface area contributed by atoms with E-state index in [9.17, 15) is 9.90 Å². The maximum Gasteiger partial charge on any atom is 0.314 e. The number of rotatable bonds is 7. The van der Waals surface area contributed by atoms with Crippen LogP contribution in [0.4, 0.5) is 4.79 Å². The second-order valence-electron chi connectivity index (χ2n) is 5.20. The summed E-state index contributed by atoms with van der Waals surface area (Å²) in [6, 6.07) is 14.6. The molecule has 0 heterocycles. The Hall–Kier alpha value is -2.69. The topological polar surface area (TPSA) is 70.6 Å². The monoisotopic (exact) mass is 314 g/mol. The van der Waals surface area contributed by atoms with Gasteiger partial charge < -0.3 is 20.5 Å². The molecule has 0 saturated carbocycles. The van der Waals surface area contributed by atoms with E-state index in [0.717, 1.165) is 23.3 Å². The van der Waals surface area contributed by atoms with Gasteiger partial charge in [-0.05, 0) is 48.2 Å². The fourth-order valence-corrected chi connectivity index (χ4v) is 2.21. The van der Waals surface area contributed by atoms with Crippen LogP contribution in [0.5, 0.6) is 11.5 Å². The number of phenols is 1. The smallest absolute Gasteiger partial charge is 0.314 e. The molecule has 0 aliphatic carbocycles. The van der Waals surface area contributed by atoms with Gasteiger partial charge >= 0.3 is 6.03 Å². The van der Waals surface area contributed by atoms with Crippen molar-refractivity contribution >= 4 is 6.03 Å². The lowest BCUT2D eigenvalue weighted by Gasteiger charge is -2.08. The van der Waals surface area contributed by atoms with Crippen molar-refractivity contribution < 1.29 is 14.6 Å². The molecule has 2 aromatic rings. The van der Waals surface area contributed by atoms with Crippen LogP contribution in [-0.2, 0) is 12.8 Å². The van der Waals surface area contributed by atoms with E-state index in [0.29, 0.717) is 19.5 Å². The molecule has 2 amide bonds. The van der Waals surface area contributed by atoms with Gasteiger partial charge in [0, 0.05) is 13.1 Å². The summed E-state index contributed by atoms with van der Waals surface area (Å²) < 4.78 is 5.10. The number of ether oxygens (including phenoxy) is 1. The molecule has 0 bridgehead atoms. The first kappa shape index (κ1) is 16.7. The molecule has 0 radical (unpaired) electrons. The summed E-state index contributed by atoms with van der Waals surface area (Å²) in [4.78, 5) is 11.7. The number of hydrogen-bond donors (Lipinski definition) is 3. The SMILES string of the molecule is COc1ccc(CCNC(=O)NCCc2cccc(O)c2)cc1. The van der Waals surface area contributed by atoms with Crippen LogP contribution in [0.15, 0.2) is 48.5 Å². The van der Waals surface area contributed by atoms with E-state index in [-0.39, 0.29) is 11.8 Å². The van der Waals surface area contributed by atoms with Gasteiger partial charge in [-0.25, -0.2) is 4.79 Å². The van der Waals surface area contributed by atoms with Gasteiger partial charge in [-0.15, -0.1) is 0 Å². The van der Waals surface area contributed by atoms with Gasteiger partial charge in [-0.3, -0.25) is 0 Å². The Morgan fingerprint density at radius 3 is 2.26 bits per heavy atom. The van der Waals surface area contributed by atoms with Crippen molar-refractivity contribution in [2.24, 2.45) is 0 Å². The molecule has 0 aliphatic heterocycles. The number of benzene rings is 2. The van der Waals surface area contributed by atoms with Crippen molar-refractivity contribution in [2.45, 2.75) is 12.8 Å². The minimum absolute atomic E-state index is 0.182. The molecule has 2 aromatic carbocycles. The van der Waals surface area contributed by atoms with Crippen molar-refractivity contribution in [1.29, 1.82) is 0 Å². The number of aromatic hydroxyl groups is 1. The zero-order valence-electron chi connectivity index (χ0n) is 13.2. The molecular formula is C18H22N2O3. The molecule has 3 N–H and O–H groups in total. The molecule has 0 saturated heterocycles. The van der Waals surface area contributed by atoms with Crippen LogP contribution in [0, 0.1) is 0 Å². The third-order valence-corrected chi connectivity index (χ3v) is 3.47. The van der Waals surface area contributed by atoms with Gasteiger partial charge in [-0.1, -0.05) is 24.3 Å². The molecule has 0 spiro atoms. The van der Waals surface area contributed by atoms with Crippen molar-refractivity contribution in [2.75, 3.05) is 20.2 Å². The van der Waals surface area contributed by atoms with Gasteiger partial charge in [0.25, 0.3) is 0 Å². The molecule has 0 aromatic heterocycles. The second-order valence-corrected chi connectivity index (χ2v) is 5.20. The van der Waals surface area contributed by atoms with Gasteiger partial charge in [-0.2, -0.15) is 0 Å². The predicted molar refractivity (Wildman–Crippen MR) is 89.9 cm³/mol. The first-order valence-corrected chi connectivity index (χ1v) is 7.60. The number of carbonyl (C=O) groups is 1. The first-order chi connectivity index (χ1) is 11.2. The molecule has 5 nitrogen and oxygen atoms in total. The molecule has 0 aliphatic rings. The van der Waals surface area contributed by atoms with E-state index < -0.39 is 0 Å². The molecule has 2 rings (SSSR count). The lowest BCUT2D eigenvalue weighted by Crippen LogP contribution is -2.37. The molecule has 0 fully saturated rings. The predicted octanol–water partition coefficient (Wildman–Crippen LogP) is 2.49. The average molecular weight is 314 g/mol. The highest BCUT2D eigenvalue weighted by Crippen LogP contribution is 2.11. The Kier molecular flexibility index (Phi) is 6.29. The normalized spacial score (nSPS) is 10.1. The third-order valence-electron chi connectivity index (χ3n) is 3.47. The van der Waals surface area contributed by atoms with E-state index in [4.69, 9.17) is 4.74 Å². The van der Waals surface area contributed by atoms with Gasteiger partial charge in [0.2, 0.25) is 0 Å². The molecular weight excluding hydrogens is 292 g/mol. The van der Waals surface area contributed by atoms with Crippen molar-refractivity contribution in [1.82, 2.24) is 10.6 Å². The lowest BCUT2D eigenvalue weighted by atomic mass is 10.1. The quantitative estimate of drug-likeness (QED) is 0.735. The molecule has 122 valence electrons. The van der Waals surface area contributed by atoms with Crippen molar-refractivity contribution in [3.8, 4) is 11.5 Å². The lowest BCUT2D eigenvalue weighted by molar-refractivity contribution is 0.241. The Morgan fingerprint density at radius 2 is 1.65 bits per heavy atom. The van der Waals surface area contributed by atoms with Gasteiger partial charge in [0.15, 0.2) is 0 Å². The maximum absolute atomic E-state index is 11.7. The van der Waals surface area contributed by atoms with Crippen LogP contribution in [0.2, 0.25) is 0 Å². The average Bonchev–Trinajstić information content (AvgIpc) is 2.55. The summed E-state index contributed by atoms with van der Waals surface area (Å²) in [6.45, 7) is 1.10. The second kappa shape index (κ2) is 8.68. The summed E-state index contributed by atoms with van der Waals surface area (Å²) in [6.07, 6.45) is 1.45. The van der Waals surface area contributed by atoms with Gasteiger partial charge in [0.1, 0.15) is 11.5 Å². The zero-order chi connectivity index (χ0) is 16.5. The largest absolute Gasteiger partial charge is 0.508 e. The van der Waals surface area contributed by atoms with Crippen LogP contribution in [-0.4, -0.2) is 31.3 Å². The molecule has 0 atom stereocenters. The third kappa shape index (κ3) is 5.90. The molecule has 0 unspecified atom stereocenters. The highest BCUT2D eigenvalue weighted by Gasteiger charge is 2.01. The number of carbonyl (C=O) groups excluding carboxylic acids is 1. The van der Waals surface area contributed by atoms with E-state index >= 15 is 0 Å². The molecule has 5 heteroatoms. The van der Waals surface area contributed by atoms with Crippen LogP contribution < -0.4 is 15.4 Å². The van der Waals surface area contributed by atoms with Gasteiger partial charge in [0.05, 0.1) is 7.11 Å². The summed E-state index contributed by atoms with van der Waals surface area (Å²) in [7, 11) is 1.64. The Labute approximate surface area is 136 Å². The van der Waals surface area contributed by atoms with E-state index in [1.807, 2.05) is 30.3 Å². The maximum atomic E-state index is 11.7. The number of urea groups is 1. The number of methoxy groups -OCH3 is 1. The van der Waals surface area contributed by atoms with E-state index in [1.165, 1.54) is 0 Å². The first-order valence-electron chi connectivity index (χ1n) is 7.60. The van der Waals surface area contributed by atoms with Crippen LogP contribution in [0.1, 0.15) is 11.1 Å². The fraction of sp³-hybridized carbons (Fsp3) is 0.278. The Morgan fingerprint density at radius 1 is 1.00 bits per heavy atom. The molecule has 23 heavy (non-hydrogen) atoms. The minimum atomic E-state index is -0.182. The summed E-state index contributed by atoms with van der Waals surface area (Å²) >= 11 is 0. The van der Waals surface area contributed by atoms with Crippen LogP contribution >= 0.6 is 0 Å². The van der Waals surface area contributed by atoms with Crippen molar-refractivity contribution in [3.63, 3.8) is 0 Å². The highest BCUT2D eigenvalue weighted by molar-refractivity contribution is 5.73. The summed E-state index contributed by atoms with van der Waals surface area (Å²) in [5.41, 5.74) is 2.13. The zero-order valence-corrected chi connectivity index (χ0v) is 13.2. The number of nitrogens with one attached hydrogen (secondary N) is 2. The summed E-state index contributed by atoms with van der Waals surface area (Å²) in [5.74, 6) is 1.07.